The topological polar surface area (TPSA) is 52.3 Å². The predicted molar refractivity (Wildman–Crippen MR) is 85.9 cm³/mol. The van der Waals surface area contributed by atoms with Gasteiger partial charge in [-0.3, -0.25) is 4.79 Å². The first-order valence-electron chi connectivity index (χ1n) is 7.21. The van der Waals surface area contributed by atoms with E-state index in [9.17, 15) is 4.79 Å². The Labute approximate surface area is 125 Å². The zero-order valence-corrected chi connectivity index (χ0v) is 12.7. The molecule has 3 heteroatoms. The van der Waals surface area contributed by atoms with Crippen LogP contribution in [-0.2, 0) is 6.42 Å². The van der Waals surface area contributed by atoms with E-state index < -0.39 is 0 Å². The highest BCUT2D eigenvalue weighted by molar-refractivity contribution is 6.12. The average Bonchev–Trinajstić information content (AvgIpc) is 2.46. The monoisotopic (exact) mass is 283 g/mol. The lowest BCUT2D eigenvalue weighted by molar-refractivity contribution is 0.103. The third-order valence-corrected chi connectivity index (χ3v) is 3.28. The fourth-order valence-corrected chi connectivity index (χ4v) is 2.28. The Morgan fingerprint density at radius 2 is 1.86 bits per heavy atom. The summed E-state index contributed by atoms with van der Waals surface area (Å²) in [5.74, 6) is 0.750. The van der Waals surface area contributed by atoms with Gasteiger partial charge in [0.25, 0.3) is 0 Å². The molecule has 0 fully saturated rings. The van der Waals surface area contributed by atoms with Crippen molar-refractivity contribution in [3.05, 3.63) is 59.2 Å². The highest BCUT2D eigenvalue weighted by atomic mass is 16.5. The first-order valence-corrected chi connectivity index (χ1v) is 7.21. The van der Waals surface area contributed by atoms with Crippen molar-refractivity contribution in [1.29, 1.82) is 0 Å². The van der Waals surface area contributed by atoms with Gasteiger partial charge in [0.15, 0.2) is 5.78 Å². The van der Waals surface area contributed by atoms with Crippen LogP contribution in [0.1, 0.15) is 42.3 Å². The van der Waals surface area contributed by atoms with E-state index >= 15 is 0 Å². The van der Waals surface area contributed by atoms with Crippen molar-refractivity contribution in [1.82, 2.24) is 0 Å². The number of para-hydroxylation sites is 1. The van der Waals surface area contributed by atoms with Crippen LogP contribution in [-0.4, -0.2) is 11.9 Å². The number of ketones is 1. The number of carbonyl (C=O) groups is 1. The number of ether oxygens (including phenoxy) is 1. The second-order valence-electron chi connectivity index (χ2n) is 5.26. The van der Waals surface area contributed by atoms with E-state index in [0.717, 1.165) is 17.7 Å². The Hall–Kier alpha value is -2.29. The van der Waals surface area contributed by atoms with E-state index in [2.05, 4.69) is 0 Å². The molecule has 2 aromatic rings. The summed E-state index contributed by atoms with van der Waals surface area (Å²) >= 11 is 0. The minimum absolute atomic E-state index is 0.0407. The SMILES string of the molecule is CCc1cc(OC(C)C)ccc1C(=O)c1ccccc1N. The highest BCUT2D eigenvalue weighted by Crippen LogP contribution is 2.24. The number of anilines is 1. The number of nitrogen functional groups attached to an aromatic ring is 1. The molecule has 0 saturated heterocycles. The van der Waals surface area contributed by atoms with Crippen LogP contribution >= 0.6 is 0 Å². The summed E-state index contributed by atoms with van der Waals surface area (Å²) in [6, 6.07) is 12.8. The number of benzene rings is 2. The lowest BCUT2D eigenvalue weighted by Crippen LogP contribution is -2.10. The molecular weight excluding hydrogens is 262 g/mol. The van der Waals surface area contributed by atoms with Crippen LogP contribution in [0.4, 0.5) is 5.69 Å². The van der Waals surface area contributed by atoms with Crippen molar-refractivity contribution >= 4 is 11.5 Å². The quantitative estimate of drug-likeness (QED) is 0.670. The summed E-state index contributed by atoms with van der Waals surface area (Å²) in [5, 5.41) is 0. The molecule has 0 bridgehead atoms. The average molecular weight is 283 g/mol. The van der Waals surface area contributed by atoms with Gasteiger partial charge in [0, 0.05) is 16.8 Å². The van der Waals surface area contributed by atoms with Gasteiger partial charge in [0.2, 0.25) is 0 Å². The second-order valence-corrected chi connectivity index (χ2v) is 5.26. The number of carbonyl (C=O) groups excluding carboxylic acids is 1. The zero-order valence-electron chi connectivity index (χ0n) is 12.7. The highest BCUT2D eigenvalue weighted by Gasteiger charge is 2.16. The summed E-state index contributed by atoms with van der Waals surface area (Å²) in [5.41, 5.74) is 8.61. The van der Waals surface area contributed by atoms with Crippen molar-refractivity contribution in [3.63, 3.8) is 0 Å². The first kappa shape index (κ1) is 15.1. The van der Waals surface area contributed by atoms with Gasteiger partial charge in [-0.1, -0.05) is 19.1 Å². The molecule has 0 heterocycles. The van der Waals surface area contributed by atoms with Gasteiger partial charge in [-0.15, -0.1) is 0 Å². The summed E-state index contributed by atoms with van der Waals surface area (Å²) in [4.78, 5) is 12.7. The van der Waals surface area contributed by atoms with Crippen LogP contribution < -0.4 is 10.5 Å². The van der Waals surface area contributed by atoms with Gasteiger partial charge in [0.1, 0.15) is 5.75 Å². The van der Waals surface area contributed by atoms with Crippen molar-refractivity contribution in [3.8, 4) is 5.75 Å². The molecule has 0 aliphatic heterocycles. The van der Waals surface area contributed by atoms with Gasteiger partial charge < -0.3 is 10.5 Å². The van der Waals surface area contributed by atoms with Crippen molar-refractivity contribution in [2.45, 2.75) is 33.3 Å². The van der Waals surface area contributed by atoms with Gasteiger partial charge in [-0.05, 0) is 56.2 Å². The molecule has 0 spiro atoms. The van der Waals surface area contributed by atoms with E-state index in [0.29, 0.717) is 16.8 Å². The molecule has 0 saturated carbocycles. The maximum atomic E-state index is 12.7. The molecule has 0 amide bonds. The molecule has 2 aromatic carbocycles. The van der Waals surface area contributed by atoms with Crippen LogP contribution in [0.15, 0.2) is 42.5 Å². The van der Waals surface area contributed by atoms with E-state index in [1.807, 2.05) is 51.1 Å². The van der Waals surface area contributed by atoms with Crippen LogP contribution in [0.2, 0.25) is 0 Å². The van der Waals surface area contributed by atoms with Crippen LogP contribution in [0.5, 0.6) is 5.75 Å². The Bertz CT molecular complexity index is 647. The van der Waals surface area contributed by atoms with E-state index in [1.54, 1.807) is 12.1 Å². The Morgan fingerprint density at radius 1 is 1.14 bits per heavy atom. The number of nitrogens with two attached hydrogens (primary N) is 1. The fraction of sp³-hybridized carbons (Fsp3) is 0.278. The standard InChI is InChI=1S/C18H21NO2/c1-4-13-11-14(21-12(2)3)9-10-15(13)18(20)16-7-5-6-8-17(16)19/h5-12H,4,19H2,1-3H3. The van der Waals surface area contributed by atoms with Gasteiger partial charge in [0.05, 0.1) is 6.10 Å². The molecule has 0 unspecified atom stereocenters. The van der Waals surface area contributed by atoms with Crippen LogP contribution in [0.25, 0.3) is 0 Å². The Morgan fingerprint density at radius 3 is 2.48 bits per heavy atom. The van der Waals surface area contributed by atoms with E-state index in [4.69, 9.17) is 10.5 Å². The number of hydrogen-bond donors (Lipinski definition) is 1. The molecule has 0 aliphatic rings. The Balaban J connectivity index is 2.40. The van der Waals surface area contributed by atoms with Gasteiger partial charge in [-0.2, -0.15) is 0 Å². The smallest absolute Gasteiger partial charge is 0.195 e. The van der Waals surface area contributed by atoms with Crippen molar-refractivity contribution < 1.29 is 9.53 Å². The molecule has 2 N–H and O–H groups in total. The summed E-state index contributed by atoms with van der Waals surface area (Å²) in [7, 11) is 0. The third-order valence-electron chi connectivity index (χ3n) is 3.28. The molecule has 0 radical (unpaired) electrons. The second kappa shape index (κ2) is 6.44. The lowest BCUT2D eigenvalue weighted by Gasteiger charge is -2.14. The fourth-order valence-electron chi connectivity index (χ4n) is 2.28. The number of aryl methyl sites for hydroxylation is 1. The molecule has 21 heavy (non-hydrogen) atoms. The normalized spacial score (nSPS) is 10.7. The maximum Gasteiger partial charge on any atom is 0.195 e. The lowest BCUT2D eigenvalue weighted by atomic mass is 9.96. The van der Waals surface area contributed by atoms with Gasteiger partial charge in [-0.25, -0.2) is 0 Å². The summed E-state index contributed by atoms with van der Waals surface area (Å²) in [6.07, 6.45) is 0.879. The minimum Gasteiger partial charge on any atom is -0.491 e. The molecule has 3 nitrogen and oxygen atoms in total. The number of rotatable bonds is 5. The molecule has 2 rings (SSSR count). The van der Waals surface area contributed by atoms with Crippen LogP contribution in [0, 0.1) is 0 Å². The molecule has 0 aromatic heterocycles. The van der Waals surface area contributed by atoms with Gasteiger partial charge >= 0.3 is 0 Å². The molecule has 110 valence electrons. The number of hydrogen-bond acceptors (Lipinski definition) is 3. The summed E-state index contributed by atoms with van der Waals surface area (Å²) in [6.45, 7) is 5.99. The minimum atomic E-state index is -0.0407. The third kappa shape index (κ3) is 3.43. The van der Waals surface area contributed by atoms with Crippen molar-refractivity contribution in [2.24, 2.45) is 0 Å². The molecule has 0 aliphatic carbocycles. The van der Waals surface area contributed by atoms with Crippen LogP contribution in [0.3, 0.4) is 0 Å². The Kier molecular flexibility index (Phi) is 4.63. The summed E-state index contributed by atoms with van der Waals surface area (Å²) < 4.78 is 5.68. The molecular formula is C18H21NO2. The predicted octanol–water partition coefficient (Wildman–Crippen LogP) is 3.85. The largest absolute Gasteiger partial charge is 0.491 e. The first-order chi connectivity index (χ1) is 10.0. The molecule has 0 atom stereocenters. The van der Waals surface area contributed by atoms with Crippen molar-refractivity contribution in [2.75, 3.05) is 5.73 Å². The van der Waals surface area contributed by atoms with E-state index in [1.165, 1.54) is 0 Å². The maximum absolute atomic E-state index is 12.7. The van der Waals surface area contributed by atoms with E-state index in [-0.39, 0.29) is 11.9 Å². The zero-order chi connectivity index (χ0) is 15.4.